The van der Waals surface area contributed by atoms with Crippen molar-refractivity contribution in [2.45, 2.75) is 45.4 Å². The van der Waals surface area contributed by atoms with Gasteiger partial charge in [-0.1, -0.05) is 69.3 Å². The Hall–Kier alpha value is -2.10. The van der Waals surface area contributed by atoms with E-state index in [9.17, 15) is 4.79 Å². The highest BCUT2D eigenvalue weighted by Crippen LogP contribution is 2.43. The molecule has 1 aliphatic rings. The van der Waals surface area contributed by atoms with Crippen LogP contribution in [0.2, 0.25) is 0 Å². The van der Waals surface area contributed by atoms with Gasteiger partial charge in [0.1, 0.15) is 5.76 Å². The topological polar surface area (TPSA) is 52.3 Å². The summed E-state index contributed by atoms with van der Waals surface area (Å²) < 4.78 is 5.70. The second-order valence-corrected chi connectivity index (χ2v) is 7.89. The summed E-state index contributed by atoms with van der Waals surface area (Å²) in [7, 11) is 0. The zero-order valence-electron chi connectivity index (χ0n) is 16.4. The van der Waals surface area contributed by atoms with Crippen molar-refractivity contribution in [1.82, 2.24) is 0 Å². The lowest BCUT2D eigenvalue weighted by Gasteiger charge is -2.33. The Morgan fingerprint density at radius 3 is 2.33 bits per heavy atom. The molecule has 0 radical (unpaired) electrons. The Labute approximate surface area is 168 Å². The Kier molecular flexibility index (Phi) is 6.50. The molecule has 3 nitrogen and oxygen atoms in total. The lowest BCUT2D eigenvalue weighted by atomic mass is 9.73. The van der Waals surface area contributed by atoms with Crippen LogP contribution in [-0.2, 0) is 21.4 Å². The van der Waals surface area contributed by atoms with Crippen LogP contribution in [0.5, 0.6) is 0 Å². The first kappa shape index (κ1) is 21.2. The Morgan fingerprint density at radius 1 is 1.11 bits per heavy atom. The molecule has 144 valence electrons. The molecule has 3 rings (SSSR count). The predicted molar refractivity (Wildman–Crippen MR) is 113 cm³/mol. The highest BCUT2D eigenvalue weighted by molar-refractivity contribution is 5.85. The van der Waals surface area contributed by atoms with Crippen LogP contribution in [0.4, 0.5) is 0 Å². The van der Waals surface area contributed by atoms with E-state index in [2.05, 4.69) is 51.1 Å². The number of benzene rings is 2. The van der Waals surface area contributed by atoms with Crippen LogP contribution in [0, 0.1) is 0 Å². The minimum Gasteiger partial charge on any atom is -0.430 e. The van der Waals surface area contributed by atoms with Crippen molar-refractivity contribution in [3.8, 4) is 0 Å². The number of esters is 1. The van der Waals surface area contributed by atoms with E-state index in [1.54, 1.807) is 0 Å². The van der Waals surface area contributed by atoms with Crippen molar-refractivity contribution in [3.05, 3.63) is 76.5 Å². The molecular formula is C23H28ClNO2. The molecule has 0 spiro atoms. The number of carbonyl (C=O) groups excluding carboxylic acids is 1. The van der Waals surface area contributed by atoms with Crippen LogP contribution >= 0.6 is 12.4 Å². The van der Waals surface area contributed by atoms with Crippen LogP contribution in [-0.4, -0.2) is 12.5 Å². The van der Waals surface area contributed by atoms with Gasteiger partial charge in [0, 0.05) is 25.0 Å². The second-order valence-electron chi connectivity index (χ2n) is 7.89. The maximum Gasteiger partial charge on any atom is 0.307 e. The van der Waals surface area contributed by atoms with Crippen molar-refractivity contribution in [3.63, 3.8) is 0 Å². The van der Waals surface area contributed by atoms with Crippen LogP contribution in [0.15, 0.2) is 54.3 Å². The molecule has 0 heterocycles. The van der Waals surface area contributed by atoms with Crippen LogP contribution in [0.25, 0.3) is 5.57 Å². The summed E-state index contributed by atoms with van der Waals surface area (Å²) in [6.07, 6.45) is 0.804. The lowest BCUT2D eigenvalue weighted by Crippen LogP contribution is -2.25. The third-order valence-corrected chi connectivity index (χ3v) is 4.99. The molecular weight excluding hydrogens is 358 g/mol. The van der Waals surface area contributed by atoms with Crippen molar-refractivity contribution in [2.75, 3.05) is 6.54 Å². The third kappa shape index (κ3) is 4.26. The smallest absolute Gasteiger partial charge is 0.307 e. The van der Waals surface area contributed by atoms with Crippen molar-refractivity contribution >= 4 is 23.9 Å². The molecule has 4 heteroatoms. The molecule has 0 fully saturated rings. The minimum atomic E-state index is -0.303. The number of nitrogens with two attached hydrogens (primary N) is 1. The first-order valence-corrected chi connectivity index (χ1v) is 9.12. The van der Waals surface area contributed by atoms with Gasteiger partial charge in [-0.25, -0.2) is 0 Å². The van der Waals surface area contributed by atoms with Crippen molar-refractivity contribution in [1.29, 1.82) is 0 Å². The normalized spacial score (nSPS) is 16.4. The zero-order valence-corrected chi connectivity index (χ0v) is 17.2. The number of carbonyl (C=O) groups is 1. The summed E-state index contributed by atoms with van der Waals surface area (Å²) in [5.74, 6) is 0.390. The maximum absolute atomic E-state index is 11.8. The monoisotopic (exact) mass is 385 g/mol. The predicted octanol–water partition coefficient (Wildman–Crippen LogP) is 4.98. The third-order valence-electron chi connectivity index (χ3n) is 4.99. The highest BCUT2D eigenvalue weighted by Gasteiger charge is 2.33. The number of hydrogen-bond acceptors (Lipinski definition) is 3. The fourth-order valence-corrected chi connectivity index (χ4v) is 3.88. The Balaban J connectivity index is 0.00000261. The van der Waals surface area contributed by atoms with Gasteiger partial charge in [0.2, 0.25) is 0 Å². The molecule has 0 aromatic heterocycles. The number of rotatable bonds is 3. The Bertz CT molecular complexity index is 850. The molecule has 2 aromatic carbocycles. The molecule has 27 heavy (non-hydrogen) atoms. The number of fused-ring (bicyclic) bond motifs is 1. The van der Waals surface area contributed by atoms with E-state index in [0.29, 0.717) is 12.3 Å². The summed E-state index contributed by atoms with van der Waals surface area (Å²) >= 11 is 0. The van der Waals surface area contributed by atoms with Gasteiger partial charge >= 0.3 is 5.97 Å². The number of hydrogen-bond donors (Lipinski definition) is 1. The van der Waals surface area contributed by atoms with Gasteiger partial charge in [0.15, 0.2) is 0 Å². The molecule has 2 N–H and O–H groups in total. The zero-order chi connectivity index (χ0) is 18.9. The average Bonchev–Trinajstić information content (AvgIpc) is 2.60. The van der Waals surface area contributed by atoms with E-state index in [1.807, 2.05) is 18.2 Å². The first-order valence-electron chi connectivity index (χ1n) is 9.12. The van der Waals surface area contributed by atoms with Crippen LogP contribution in [0.3, 0.4) is 0 Å². The fourth-order valence-electron chi connectivity index (χ4n) is 3.88. The number of allylic oxidation sites excluding steroid dienone is 1. The maximum atomic E-state index is 11.8. The van der Waals surface area contributed by atoms with Crippen molar-refractivity contribution in [2.24, 2.45) is 5.73 Å². The first-order chi connectivity index (χ1) is 12.3. The fraction of sp³-hybridized carbons (Fsp3) is 0.348. The average molecular weight is 386 g/mol. The largest absolute Gasteiger partial charge is 0.430 e. The van der Waals surface area contributed by atoms with Gasteiger partial charge < -0.3 is 10.5 Å². The summed E-state index contributed by atoms with van der Waals surface area (Å²) in [6, 6.07) is 16.6. The molecule has 1 aliphatic carbocycles. The van der Waals surface area contributed by atoms with Crippen LogP contribution in [0.1, 0.15) is 55.9 Å². The quantitative estimate of drug-likeness (QED) is 0.758. The lowest BCUT2D eigenvalue weighted by molar-refractivity contribution is -0.137. The van der Waals surface area contributed by atoms with E-state index >= 15 is 0 Å². The minimum absolute atomic E-state index is 0. The van der Waals surface area contributed by atoms with Gasteiger partial charge in [-0.05, 0) is 34.1 Å². The molecule has 2 aromatic rings. The summed E-state index contributed by atoms with van der Waals surface area (Å²) in [5.41, 5.74) is 12.0. The molecule has 0 bridgehead atoms. The molecule has 1 unspecified atom stereocenters. The van der Waals surface area contributed by atoms with E-state index in [1.165, 1.54) is 18.1 Å². The number of ether oxygens (including phenoxy) is 1. The number of halogens is 1. The van der Waals surface area contributed by atoms with Gasteiger partial charge in [-0.2, -0.15) is 0 Å². The summed E-state index contributed by atoms with van der Waals surface area (Å²) in [4.78, 5) is 11.8. The standard InChI is InChI=1S/C23H27NO2.ClH/c1-15(25)26-22-18(16-9-6-5-7-10-16)13-19-17(20(22)14-24)11-8-12-21(19)23(2,3)4;/h5-12,18H,13-14,24H2,1-4H3;1H. The van der Waals surface area contributed by atoms with E-state index in [4.69, 9.17) is 10.5 Å². The highest BCUT2D eigenvalue weighted by atomic mass is 35.5. The molecule has 0 saturated carbocycles. The molecule has 0 aliphatic heterocycles. The second kappa shape index (κ2) is 8.28. The van der Waals surface area contributed by atoms with E-state index in [-0.39, 0.29) is 29.7 Å². The van der Waals surface area contributed by atoms with Gasteiger partial charge in [0.05, 0.1) is 0 Å². The molecule has 0 amide bonds. The van der Waals surface area contributed by atoms with Gasteiger partial charge in [0.25, 0.3) is 0 Å². The summed E-state index contributed by atoms with van der Waals surface area (Å²) in [6.45, 7) is 8.48. The van der Waals surface area contributed by atoms with E-state index < -0.39 is 0 Å². The van der Waals surface area contributed by atoms with Crippen molar-refractivity contribution < 1.29 is 9.53 Å². The van der Waals surface area contributed by atoms with Gasteiger partial charge in [-0.3, -0.25) is 4.79 Å². The SMILES string of the molecule is CC(=O)OC1=C(CN)c2cccc(C(C)(C)C)c2CC1c1ccccc1.Cl. The molecule has 1 atom stereocenters. The van der Waals surface area contributed by atoms with Crippen LogP contribution < -0.4 is 5.73 Å². The Morgan fingerprint density at radius 2 is 1.78 bits per heavy atom. The van der Waals surface area contributed by atoms with Gasteiger partial charge in [-0.15, -0.1) is 12.4 Å². The summed E-state index contributed by atoms with van der Waals surface area (Å²) in [5, 5.41) is 0. The molecule has 0 saturated heterocycles. The van der Waals surface area contributed by atoms with E-state index in [0.717, 1.165) is 23.1 Å².